The van der Waals surface area contributed by atoms with Gasteiger partial charge in [0.15, 0.2) is 11.6 Å². The molecule has 2 aromatic heterocycles. The van der Waals surface area contributed by atoms with Crippen LogP contribution in [0.2, 0.25) is 0 Å². The first-order chi connectivity index (χ1) is 11.6. The van der Waals surface area contributed by atoms with Crippen molar-refractivity contribution in [3.05, 3.63) is 53.9 Å². The van der Waals surface area contributed by atoms with E-state index >= 15 is 0 Å². The standard InChI is InChI=1S/C16H15FN6O/c1-10-16(24)22(8-11-3-2-4-13(17)5-11)9-14-20-21-15(23(10)14)12-6-18-19-7-12/h2-7,10H,8-9H2,1H3,(H,18,19)/t10-/m0/s1. The molecule has 4 rings (SSSR count). The van der Waals surface area contributed by atoms with Crippen molar-refractivity contribution in [2.45, 2.75) is 26.1 Å². The lowest BCUT2D eigenvalue weighted by Crippen LogP contribution is -2.41. The number of nitrogens with zero attached hydrogens (tertiary/aromatic N) is 5. The molecule has 1 aliphatic rings. The first-order valence-corrected chi connectivity index (χ1v) is 7.59. The van der Waals surface area contributed by atoms with Crippen LogP contribution in [0.15, 0.2) is 36.7 Å². The highest BCUT2D eigenvalue weighted by atomic mass is 19.1. The van der Waals surface area contributed by atoms with Crippen LogP contribution in [0.1, 0.15) is 24.4 Å². The number of carbonyl (C=O) groups excluding carboxylic acids is 1. The summed E-state index contributed by atoms with van der Waals surface area (Å²) in [5.74, 6) is 0.964. The zero-order valence-electron chi connectivity index (χ0n) is 13.0. The summed E-state index contributed by atoms with van der Waals surface area (Å²) in [6.07, 6.45) is 3.36. The summed E-state index contributed by atoms with van der Waals surface area (Å²) in [6, 6.07) is 5.84. The van der Waals surface area contributed by atoms with Crippen molar-refractivity contribution in [2.24, 2.45) is 0 Å². The highest BCUT2D eigenvalue weighted by Crippen LogP contribution is 2.28. The minimum atomic E-state index is -0.429. The molecule has 0 fully saturated rings. The summed E-state index contributed by atoms with van der Waals surface area (Å²) in [7, 11) is 0. The Morgan fingerprint density at radius 2 is 2.25 bits per heavy atom. The predicted molar refractivity (Wildman–Crippen MR) is 83.0 cm³/mol. The van der Waals surface area contributed by atoms with E-state index in [-0.39, 0.29) is 11.7 Å². The molecular weight excluding hydrogens is 311 g/mol. The largest absolute Gasteiger partial charge is 0.329 e. The van der Waals surface area contributed by atoms with Gasteiger partial charge in [0.1, 0.15) is 11.9 Å². The van der Waals surface area contributed by atoms with E-state index in [1.54, 1.807) is 29.4 Å². The lowest BCUT2D eigenvalue weighted by molar-refractivity contribution is -0.137. The lowest BCUT2D eigenvalue weighted by atomic mass is 10.1. The minimum Gasteiger partial charge on any atom is -0.329 e. The number of carbonyl (C=O) groups is 1. The number of aromatic nitrogens is 5. The topological polar surface area (TPSA) is 79.7 Å². The van der Waals surface area contributed by atoms with Crippen molar-refractivity contribution in [2.75, 3.05) is 0 Å². The van der Waals surface area contributed by atoms with E-state index in [2.05, 4.69) is 20.4 Å². The fraction of sp³-hybridized carbons (Fsp3) is 0.250. The summed E-state index contributed by atoms with van der Waals surface area (Å²) in [6.45, 7) is 2.50. The molecule has 3 heterocycles. The average Bonchev–Trinajstić information content (AvgIpc) is 3.21. The molecule has 1 aliphatic heterocycles. The van der Waals surface area contributed by atoms with Gasteiger partial charge < -0.3 is 4.90 Å². The second-order valence-electron chi connectivity index (χ2n) is 5.80. The van der Waals surface area contributed by atoms with E-state index in [9.17, 15) is 9.18 Å². The number of fused-ring (bicyclic) bond motifs is 1. The third kappa shape index (κ3) is 2.36. The van der Waals surface area contributed by atoms with Crippen LogP contribution >= 0.6 is 0 Å². The molecule has 1 aromatic carbocycles. The third-order valence-corrected chi connectivity index (χ3v) is 4.17. The Morgan fingerprint density at radius 3 is 3.00 bits per heavy atom. The first-order valence-electron chi connectivity index (χ1n) is 7.59. The van der Waals surface area contributed by atoms with Crippen molar-refractivity contribution < 1.29 is 9.18 Å². The van der Waals surface area contributed by atoms with Gasteiger partial charge in [-0.1, -0.05) is 12.1 Å². The summed E-state index contributed by atoms with van der Waals surface area (Å²) < 4.78 is 15.2. The maximum Gasteiger partial charge on any atom is 0.246 e. The Labute approximate surface area is 137 Å². The molecule has 0 spiro atoms. The SMILES string of the molecule is C[C@H]1C(=O)N(Cc2cccc(F)c2)Cc2nnc(-c3cn[nH]c3)n21. The number of halogens is 1. The molecule has 8 heteroatoms. The van der Waals surface area contributed by atoms with E-state index in [1.165, 1.54) is 12.1 Å². The number of nitrogens with one attached hydrogen (secondary N) is 1. The van der Waals surface area contributed by atoms with Crippen LogP contribution in [0.4, 0.5) is 4.39 Å². The second kappa shape index (κ2) is 5.55. The van der Waals surface area contributed by atoms with Crippen LogP contribution in [-0.4, -0.2) is 35.8 Å². The van der Waals surface area contributed by atoms with Crippen LogP contribution in [0.5, 0.6) is 0 Å². The van der Waals surface area contributed by atoms with Gasteiger partial charge in [0.2, 0.25) is 5.91 Å². The molecule has 0 saturated carbocycles. The monoisotopic (exact) mass is 326 g/mol. The Bertz CT molecular complexity index is 888. The van der Waals surface area contributed by atoms with Gasteiger partial charge in [-0.2, -0.15) is 5.10 Å². The normalized spacial score (nSPS) is 17.2. The molecule has 122 valence electrons. The molecule has 0 radical (unpaired) electrons. The number of H-pyrrole nitrogens is 1. The molecule has 0 unspecified atom stereocenters. The number of benzene rings is 1. The molecule has 0 bridgehead atoms. The van der Waals surface area contributed by atoms with E-state index in [4.69, 9.17) is 0 Å². The quantitative estimate of drug-likeness (QED) is 0.797. The fourth-order valence-electron chi connectivity index (χ4n) is 3.02. The van der Waals surface area contributed by atoms with E-state index < -0.39 is 6.04 Å². The Hall–Kier alpha value is -3.03. The maximum absolute atomic E-state index is 13.4. The molecular formula is C16H15FN6O. The van der Waals surface area contributed by atoms with Crippen molar-refractivity contribution in [3.63, 3.8) is 0 Å². The smallest absolute Gasteiger partial charge is 0.246 e. The van der Waals surface area contributed by atoms with Crippen molar-refractivity contribution in [1.82, 2.24) is 29.9 Å². The summed E-state index contributed by atoms with van der Waals surface area (Å²) in [5, 5.41) is 15.1. The zero-order valence-corrected chi connectivity index (χ0v) is 13.0. The number of rotatable bonds is 3. The first kappa shape index (κ1) is 14.6. The van der Waals surface area contributed by atoms with Crippen LogP contribution in [0.3, 0.4) is 0 Å². The van der Waals surface area contributed by atoms with Crippen LogP contribution in [-0.2, 0) is 17.9 Å². The molecule has 7 nitrogen and oxygen atoms in total. The van der Waals surface area contributed by atoms with Crippen LogP contribution in [0.25, 0.3) is 11.4 Å². The fourth-order valence-corrected chi connectivity index (χ4v) is 3.02. The van der Waals surface area contributed by atoms with Gasteiger partial charge in [-0.15, -0.1) is 10.2 Å². The maximum atomic E-state index is 13.4. The van der Waals surface area contributed by atoms with Crippen LogP contribution in [0, 0.1) is 5.82 Å². The van der Waals surface area contributed by atoms with Crippen LogP contribution < -0.4 is 0 Å². The highest BCUT2D eigenvalue weighted by Gasteiger charge is 2.33. The number of hydrogen-bond donors (Lipinski definition) is 1. The molecule has 3 aromatic rings. The van der Waals surface area contributed by atoms with Crippen molar-refractivity contribution >= 4 is 5.91 Å². The highest BCUT2D eigenvalue weighted by molar-refractivity contribution is 5.82. The van der Waals surface area contributed by atoms with Crippen molar-refractivity contribution in [3.8, 4) is 11.4 Å². The van der Waals surface area contributed by atoms with E-state index in [0.717, 1.165) is 11.1 Å². The molecule has 0 aliphatic carbocycles. The molecule has 24 heavy (non-hydrogen) atoms. The lowest BCUT2D eigenvalue weighted by Gasteiger charge is -2.32. The van der Waals surface area contributed by atoms with Crippen molar-refractivity contribution in [1.29, 1.82) is 0 Å². The Kier molecular flexibility index (Phi) is 3.37. The van der Waals surface area contributed by atoms with Gasteiger partial charge in [0, 0.05) is 12.7 Å². The minimum absolute atomic E-state index is 0.0451. The van der Waals surface area contributed by atoms with Gasteiger partial charge in [0.05, 0.1) is 18.3 Å². The molecule has 1 atom stereocenters. The summed E-state index contributed by atoms with van der Waals surface area (Å²) >= 11 is 0. The predicted octanol–water partition coefficient (Wildman–Crippen LogP) is 1.91. The second-order valence-corrected chi connectivity index (χ2v) is 5.80. The summed E-state index contributed by atoms with van der Waals surface area (Å²) in [5.41, 5.74) is 1.53. The zero-order chi connectivity index (χ0) is 16.7. The van der Waals surface area contributed by atoms with Gasteiger partial charge in [-0.3, -0.25) is 14.5 Å². The Balaban J connectivity index is 1.65. The Morgan fingerprint density at radius 1 is 1.38 bits per heavy atom. The molecule has 1 N–H and O–H groups in total. The molecule has 1 amide bonds. The van der Waals surface area contributed by atoms with Gasteiger partial charge >= 0.3 is 0 Å². The van der Waals surface area contributed by atoms with Gasteiger partial charge in [0.25, 0.3) is 0 Å². The van der Waals surface area contributed by atoms with Gasteiger partial charge in [-0.05, 0) is 24.6 Å². The average molecular weight is 326 g/mol. The number of hydrogen-bond acceptors (Lipinski definition) is 4. The third-order valence-electron chi connectivity index (χ3n) is 4.17. The van der Waals surface area contributed by atoms with E-state index in [0.29, 0.717) is 24.7 Å². The van der Waals surface area contributed by atoms with Gasteiger partial charge in [-0.25, -0.2) is 4.39 Å². The molecule has 0 saturated heterocycles. The number of amides is 1. The van der Waals surface area contributed by atoms with E-state index in [1.807, 2.05) is 11.5 Å². The summed E-state index contributed by atoms with van der Waals surface area (Å²) in [4.78, 5) is 14.4. The number of aromatic amines is 1.